The van der Waals surface area contributed by atoms with E-state index in [4.69, 9.17) is 10.5 Å². The molecule has 16 heavy (non-hydrogen) atoms. The first-order chi connectivity index (χ1) is 7.28. The average molecular weight is 228 g/mol. The van der Waals surface area contributed by atoms with E-state index in [1.54, 1.807) is 4.90 Å². The lowest BCUT2D eigenvalue weighted by atomic mass is 9.89. The van der Waals surface area contributed by atoms with Gasteiger partial charge in [-0.15, -0.1) is 0 Å². The van der Waals surface area contributed by atoms with Crippen LogP contribution >= 0.6 is 0 Å². The predicted molar refractivity (Wildman–Crippen MR) is 64.3 cm³/mol. The van der Waals surface area contributed by atoms with Crippen molar-refractivity contribution in [3.05, 3.63) is 0 Å². The lowest BCUT2D eigenvalue weighted by molar-refractivity contribution is -0.00879. The van der Waals surface area contributed by atoms with Gasteiger partial charge in [-0.2, -0.15) is 0 Å². The van der Waals surface area contributed by atoms with Gasteiger partial charge in [0.25, 0.3) is 0 Å². The summed E-state index contributed by atoms with van der Waals surface area (Å²) >= 11 is 0. The normalized spacial score (nSPS) is 26.7. The zero-order chi connectivity index (χ0) is 12.4. The Kier molecular flexibility index (Phi) is 3.84. The molecule has 0 radical (unpaired) electrons. The average Bonchev–Trinajstić information content (AvgIpc) is 2.15. The van der Waals surface area contributed by atoms with Gasteiger partial charge in [-0.3, -0.25) is 0 Å². The number of ether oxygens (including phenoxy) is 1. The number of nitrogens with two attached hydrogens (primary N) is 1. The molecule has 94 valence electrons. The lowest BCUT2D eigenvalue weighted by Gasteiger charge is -2.44. The minimum atomic E-state index is -0.440. The first-order valence-electron chi connectivity index (χ1n) is 5.99. The smallest absolute Gasteiger partial charge is 0.410 e. The van der Waals surface area contributed by atoms with E-state index < -0.39 is 5.60 Å². The molecule has 1 rings (SSSR count). The molecule has 0 aromatic carbocycles. The third-order valence-corrected chi connectivity index (χ3v) is 3.05. The van der Waals surface area contributed by atoms with Crippen LogP contribution in [0.25, 0.3) is 0 Å². The van der Waals surface area contributed by atoms with Gasteiger partial charge in [-0.25, -0.2) is 4.79 Å². The van der Waals surface area contributed by atoms with Crippen LogP contribution in [0.3, 0.4) is 0 Å². The number of hydrogen-bond donors (Lipinski definition) is 1. The highest BCUT2D eigenvalue weighted by Crippen LogP contribution is 2.28. The molecule has 1 fully saturated rings. The number of carbonyl (C=O) groups is 1. The maximum absolute atomic E-state index is 12.0. The number of carbonyl (C=O) groups excluding carboxylic acids is 1. The Morgan fingerprint density at radius 2 is 2.06 bits per heavy atom. The summed E-state index contributed by atoms with van der Waals surface area (Å²) in [5, 5.41) is 0. The van der Waals surface area contributed by atoms with Crippen LogP contribution in [0.2, 0.25) is 0 Å². The largest absolute Gasteiger partial charge is 0.444 e. The molecule has 0 aliphatic carbocycles. The molecule has 2 N–H and O–H groups in total. The summed E-state index contributed by atoms with van der Waals surface area (Å²) in [6.07, 6.45) is 2.89. The Morgan fingerprint density at radius 3 is 2.56 bits per heavy atom. The van der Waals surface area contributed by atoms with E-state index in [0.717, 1.165) is 25.8 Å². The molecule has 0 aromatic rings. The zero-order valence-corrected chi connectivity index (χ0v) is 10.9. The van der Waals surface area contributed by atoms with Crippen LogP contribution < -0.4 is 5.73 Å². The molecule has 4 heteroatoms. The van der Waals surface area contributed by atoms with Crippen molar-refractivity contribution in [1.29, 1.82) is 0 Å². The van der Waals surface area contributed by atoms with E-state index in [2.05, 4.69) is 0 Å². The van der Waals surface area contributed by atoms with Gasteiger partial charge in [0.15, 0.2) is 0 Å². The highest BCUT2D eigenvalue weighted by Gasteiger charge is 2.38. The van der Waals surface area contributed by atoms with E-state index in [1.165, 1.54) is 0 Å². The van der Waals surface area contributed by atoms with Gasteiger partial charge in [0.2, 0.25) is 0 Å². The molecule has 1 aliphatic heterocycles. The van der Waals surface area contributed by atoms with Crippen LogP contribution in [0.4, 0.5) is 4.79 Å². The Morgan fingerprint density at radius 1 is 1.44 bits per heavy atom. The molecular formula is C12H24N2O2. The molecule has 1 saturated heterocycles. The highest BCUT2D eigenvalue weighted by molar-refractivity contribution is 5.69. The van der Waals surface area contributed by atoms with E-state index in [0.29, 0.717) is 6.54 Å². The monoisotopic (exact) mass is 228 g/mol. The van der Waals surface area contributed by atoms with Crippen molar-refractivity contribution in [2.45, 2.75) is 58.1 Å². The van der Waals surface area contributed by atoms with Crippen LogP contribution in [-0.4, -0.2) is 35.2 Å². The fraction of sp³-hybridized carbons (Fsp3) is 0.917. The van der Waals surface area contributed by atoms with Crippen molar-refractivity contribution < 1.29 is 9.53 Å². The van der Waals surface area contributed by atoms with Gasteiger partial charge in [0, 0.05) is 13.1 Å². The molecule has 0 aromatic heterocycles. The molecule has 1 atom stereocenters. The number of piperidine rings is 1. The van der Waals surface area contributed by atoms with Gasteiger partial charge < -0.3 is 15.4 Å². The maximum atomic E-state index is 12.0. The van der Waals surface area contributed by atoms with Crippen molar-refractivity contribution in [3.63, 3.8) is 0 Å². The Balaban J connectivity index is 2.72. The van der Waals surface area contributed by atoms with Gasteiger partial charge in [0.05, 0.1) is 5.54 Å². The summed E-state index contributed by atoms with van der Waals surface area (Å²) < 4.78 is 5.41. The van der Waals surface area contributed by atoms with Crippen LogP contribution in [0.15, 0.2) is 0 Å². The van der Waals surface area contributed by atoms with E-state index in [-0.39, 0.29) is 11.6 Å². The van der Waals surface area contributed by atoms with Gasteiger partial charge in [0.1, 0.15) is 5.60 Å². The second-order valence-electron chi connectivity index (χ2n) is 5.79. The number of likely N-dealkylation sites (tertiary alicyclic amines) is 1. The SMILES string of the molecule is CC(C)(C)OC(=O)N1CCCCC1(C)CN. The first-order valence-corrected chi connectivity index (χ1v) is 5.99. The van der Waals surface area contributed by atoms with Crippen LogP contribution in [0.5, 0.6) is 0 Å². The highest BCUT2D eigenvalue weighted by atomic mass is 16.6. The number of rotatable bonds is 1. The number of hydrogen-bond acceptors (Lipinski definition) is 3. The van der Waals surface area contributed by atoms with Crippen LogP contribution in [0.1, 0.15) is 47.0 Å². The maximum Gasteiger partial charge on any atom is 0.410 e. The zero-order valence-electron chi connectivity index (χ0n) is 10.9. The summed E-state index contributed by atoms with van der Waals surface area (Å²) in [5.41, 5.74) is 5.10. The third kappa shape index (κ3) is 3.11. The molecule has 4 nitrogen and oxygen atoms in total. The molecule has 0 bridgehead atoms. The Bertz CT molecular complexity index is 260. The van der Waals surface area contributed by atoms with Gasteiger partial charge >= 0.3 is 6.09 Å². The van der Waals surface area contributed by atoms with E-state index in [1.807, 2.05) is 27.7 Å². The number of amides is 1. The molecule has 0 saturated carbocycles. The van der Waals surface area contributed by atoms with Crippen molar-refractivity contribution in [1.82, 2.24) is 4.90 Å². The quantitative estimate of drug-likeness (QED) is 0.748. The second kappa shape index (κ2) is 4.62. The fourth-order valence-electron chi connectivity index (χ4n) is 2.02. The van der Waals surface area contributed by atoms with E-state index >= 15 is 0 Å². The minimum absolute atomic E-state index is 0.236. The Hall–Kier alpha value is -0.770. The summed E-state index contributed by atoms with van der Waals surface area (Å²) in [6.45, 7) is 8.93. The molecule has 1 amide bonds. The van der Waals surface area contributed by atoms with Crippen molar-refractivity contribution >= 4 is 6.09 Å². The molecule has 1 heterocycles. The lowest BCUT2D eigenvalue weighted by Crippen LogP contribution is -2.57. The standard InChI is InChI=1S/C12H24N2O2/c1-11(2,3)16-10(15)14-8-6-5-7-12(14,4)9-13/h5-9,13H2,1-4H3. The summed E-state index contributed by atoms with van der Waals surface area (Å²) in [7, 11) is 0. The van der Waals surface area contributed by atoms with Crippen molar-refractivity contribution in [2.24, 2.45) is 5.73 Å². The predicted octanol–water partition coefficient (Wildman–Crippen LogP) is 2.12. The first kappa shape index (κ1) is 13.3. The molecular weight excluding hydrogens is 204 g/mol. The molecule has 1 aliphatic rings. The summed E-state index contributed by atoms with van der Waals surface area (Å²) in [4.78, 5) is 13.8. The van der Waals surface area contributed by atoms with Gasteiger partial charge in [-0.1, -0.05) is 0 Å². The van der Waals surface area contributed by atoms with Gasteiger partial charge in [-0.05, 0) is 47.0 Å². The second-order valence-corrected chi connectivity index (χ2v) is 5.79. The topological polar surface area (TPSA) is 55.6 Å². The Labute approximate surface area is 98.1 Å². The summed E-state index contributed by atoms with van der Waals surface area (Å²) in [5.74, 6) is 0. The molecule has 0 spiro atoms. The molecule has 1 unspecified atom stereocenters. The third-order valence-electron chi connectivity index (χ3n) is 3.05. The van der Waals surface area contributed by atoms with Crippen LogP contribution in [-0.2, 0) is 4.74 Å². The van der Waals surface area contributed by atoms with Crippen molar-refractivity contribution in [2.75, 3.05) is 13.1 Å². The fourth-order valence-corrected chi connectivity index (χ4v) is 2.02. The minimum Gasteiger partial charge on any atom is -0.444 e. The van der Waals surface area contributed by atoms with E-state index in [9.17, 15) is 4.79 Å². The van der Waals surface area contributed by atoms with Crippen LogP contribution in [0, 0.1) is 0 Å². The van der Waals surface area contributed by atoms with Crippen molar-refractivity contribution in [3.8, 4) is 0 Å². The number of nitrogens with zero attached hydrogens (tertiary/aromatic N) is 1. The summed E-state index contributed by atoms with van der Waals surface area (Å²) in [6, 6.07) is 0.